The topological polar surface area (TPSA) is 53.3 Å². The molecule has 0 saturated carbocycles. The Hall–Kier alpha value is -1.86. The highest BCUT2D eigenvalue weighted by Crippen LogP contribution is 2.23. The van der Waals surface area contributed by atoms with Crippen molar-refractivity contribution < 1.29 is 9.53 Å². The number of aldehydes is 1. The van der Waals surface area contributed by atoms with Crippen LogP contribution in [0.1, 0.15) is 29.3 Å². The highest BCUT2D eigenvalue weighted by atomic mass is 16.5. The summed E-state index contributed by atoms with van der Waals surface area (Å²) in [5.74, 6) is 0. The number of ether oxygens (including phenoxy) is 1. The van der Waals surface area contributed by atoms with Crippen molar-refractivity contribution in [2.45, 2.75) is 19.4 Å². The molecule has 0 radical (unpaired) electrons. The van der Waals surface area contributed by atoms with E-state index in [4.69, 9.17) is 4.74 Å². The molecule has 0 aromatic heterocycles. The van der Waals surface area contributed by atoms with Crippen molar-refractivity contribution in [2.75, 3.05) is 24.6 Å². The lowest BCUT2D eigenvalue weighted by atomic mass is 10.1. The summed E-state index contributed by atoms with van der Waals surface area (Å²) in [6.07, 6.45) is 1.87. The van der Waals surface area contributed by atoms with Crippen LogP contribution in [0.3, 0.4) is 0 Å². The monoisotopic (exact) mass is 244 g/mol. The average Bonchev–Trinajstić information content (AvgIpc) is 2.62. The second-order valence-corrected chi connectivity index (χ2v) is 4.49. The Labute approximate surface area is 107 Å². The minimum Gasteiger partial charge on any atom is -0.377 e. The van der Waals surface area contributed by atoms with Gasteiger partial charge in [-0.3, -0.25) is 4.79 Å². The summed E-state index contributed by atoms with van der Waals surface area (Å²) in [6, 6.07) is 7.40. The molecule has 94 valence electrons. The number of benzene rings is 1. The Morgan fingerprint density at radius 1 is 1.56 bits per heavy atom. The van der Waals surface area contributed by atoms with Crippen molar-refractivity contribution in [3.63, 3.8) is 0 Å². The SMILES string of the molecule is CC1CN(c2ccc(C=O)cc2C#N)CCCO1. The van der Waals surface area contributed by atoms with Gasteiger partial charge < -0.3 is 9.64 Å². The number of nitriles is 1. The van der Waals surface area contributed by atoms with Gasteiger partial charge in [0.15, 0.2) is 0 Å². The van der Waals surface area contributed by atoms with Crippen LogP contribution in [-0.4, -0.2) is 32.1 Å². The summed E-state index contributed by atoms with van der Waals surface area (Å²) in [4.78, 5) is 12.9. The van der Waals surface area contributed by atoms with Gasteiger partial charge in [-0.05, 0) is 31.5 Å². The molecular weight excluding hydrogens is 228 g/mol. The molecule has 1 fully saturated rings. The van der Waals surface area contributed by atoms with Gasteiger partial charge in [-0.2, -0.15) is 5.26 Å². The largest absolute Gasteiger partial charge is 0.377 e. The van der Waals surface area contributed by atoms with Crippen LogP contribution in [0.15, 0.2) is 18.2 Å². The fraction of sp³-hybridized carbons (Fsp3) is 0.429. The number of carbonyl (C=O) groups is 1. The van der Waals surface area contributed by atoms with Gasteiger partial charge in [0.25, 0.3) is 0 Å². The van der Waals surface area contributed by atoms with Crippen molar-refractivity contribution in [3.8, 4) is 6.07 Å². The molecule has 4 heteroatoms. The molecule has 1 atom stereocenters. The van der Waals surface area contributed by atoms with E-state index in [2.05, 4.69) is 11.0 Å². The summed E-state index contributed by atoms with van der Waals surface area (Å²) in [6.45, 7) is 4.44. The Morgan fingerprint density at radius 2 is 2.39 bits per heavy atom. The lowest BCUT2D eigenvalue weighted by molar-refractivity contribution is 0.0821. The molecule has 4 nitrogen and oxygen atoms in total. The first-order valence-electron chi connectivity index (χ1n) is 6.10. The van der Waals surface area contributed by atoms with Crippen LogP contribution in [0.5, 0.6) is 0 Å². The molecule has 0 N–H and O–H groups in total. The second-order valence-electron chi connectivity index (χ2n) is 4.49. The number of hydrogen-bond acceptors (Lipinski definition) is 4. The van der Waals surface area contributed by atoms with E-state index in [0.717, 1.165) is 38.1 Å². The zero-order valence-corrected chi connectivity index (χ0v) is 10.4. The minimum absolute atomic E-state index is 0.157. The quantitative estimate of drug-likeness (QED) is 0.746. The highest BCUT2D eigenvalue weighted by Gasteiger charge is 2.18. The van der Waals surface area contributed by atoms with Gasteiger partial charge in [-0.15, -0.1) is 0 Å². The predicted molar refractivity (Wildman–Crippen MR) is 68.8 cm³/mol. The number of carbonyl (C=O) groups excluding carboxylic acids is 1. The first-order chi connectivity index (χ1) is 8.74. The predicted octanol–water partition coefficient (Wildman–Crippen LogP) is 1.99. The van der Waals surface area contributed by atoms with E-state index in [9.17, 15) is 10.1 Å². The maximum absolute atomic E-state index is 10.7. The van der Waals surface area contributed by atoms with Crippen LogP contribution in [0.2, 0.25) is 0 Å². The van der Waals surface area contributed by atoms with Crippen LogP contribution in [0.25, 0.3) is 0 Å². The van der Waals surface area contributed by atoms with Crippen LogP contribution in [-0.2, 0) is 4.74 Å². The van der Waals surface area contributed by atoms with E-state index in [1.807, 2.05) is 13.0 Å². The van der Waals surface area contributed by atoms with E-state index < -0.39 is 0 Å². The molecule has 18 heavy (non-hydrogen) atoms. The van der Waals surface area contributed by atoms with Crippen molar-refractivity contribution in [1.29, 1.82) is 5.26 Å². The molecule has 1 aromatic rings. The van der Waals surface area contributed by atoms with Crippen molar-refractivity contribution >= 4 is 12.0 Å². The molecule has 0 spiro atoms. The third-order valence-electron chi connectivity index (χ3n) is 3.07. The Kier molecular flexibility index (Phi) is 3.96. The Balaban J connectivity index is 2.31. The van der Waals surface area contributed by atoms with Crippen LogP contribution in [0, 0.1) is 11.3 Å². The first kappa shape index (κ1) is 12.6. The van der Waals surface area contributed by atoms with Gasteiger partial charge in [-0.25, -0.2) is 0 Å². The highest BCUT2D eigenvalue weighted by molar-refractivity contribution is 5.78. The van der Waals surface area contributed by atoms with Crippen LogP contribution < -0.4 is 4.90 Å². The summed E-state index contributed by atoms with van der Waals surface area (Å²) in [7, 11) is 0. The summed E-state index contributed by atoms with van der Waals surface area (Å²) in [5.41, 5.74) is 1.98. The van der Waals surface area contributed by atoms with Gasteiger partial charge in [0, 0.05) is 25.3 Å². The molecule has 1 aliphatic heterocycles. The zero-order valence-electron chi connectivity index (χ0n) is 10.4. The maximum atomic E-state index is 10.7. The number of hydrogen-bond donors (Lipinski definition) is 0. The van der Waals surface area contributed by atoms with Gasteiger partial charge >= 0.3 is 0 Å². The van der Waals surface area contributed by atoms with Crippen molar-refractivity contribution in [1.82, 2.24) is 0 Å². The number of rotatable bonds is 2. The fourth-order valence-corrected chi connectivity index (χ4v) is 2.21. The average molecular weight is 244 g/mol. The van der Waals surface area contributed by atoms with Crippen LogP contribution in [0.4, 0.5) is 5.69 Å². The molecule has 1 aliphatic rings. The van der Waals surface area contributed by atoms with Gasteiger partial charge in [0.1, 0.15) is 12.4 Å². The lowest BCUT2D eigenvalue weighted by Crippen LogP contribution is -2.30. The number of anilines is 1. The molecule has 1 saturated heterocycles. The van der Waals surface area contributed by atoms with E-state index in [0.29, 0.717) is 11.1 Å². The minimum atomic E-state index is 0.157. The molecule has 1 heterocycles. The van der Waals surface area contributed by atoms with Crippen molar-refractivity contribution in [3.05, 3.63) is 29.3 Å². The van der Waals surface area contributed by atoms with Gasteiger partial charge in [0.2, 0.25) is 0 Å². The maximum Gasteiger partial charge on any atom is 0.150 e. The van der Waals surface area contributed by atoms with E-state index in [-0.39, 0.29) is 6.10 Å². The molecular formula is C14H16N2O2. The molecule has 2 rings (SSSR count). The molecule has 0 bridgehead atoms. The first-order valence-corrected chi connectivity index (χ1v) is 6.10. The third kappa shape index (κ3) is 2.69. The van der Waals surface area contributed by atoms with E-state index in [1.54, 1.807) is 12.1 Å². The van der Waals surface area contributed by atoms with E-state index in [1.165, 1.54) is 0 Å². The molecule has 0 aliphatic carbocycles. The van der Waals surface area contributed by atoms with Crippen molar-refractivity contribution in [2.24, 2.45) is 0 Å². The fourth-order valence-electron chi connectivity index (χ4n) is 2.21. The molecule has 1 unspecified atom stereocenters. The molecule has 1 aromatic carbocycles. The van der Waals surface area contributed by atoms with Gasteiger partial charge in [-0.1, -0.05) is 0 Å². The third-order valence-corrected chi connectivity index (χ3v) is 3.07. The summed E-state index contributed by atoms with van der Waals surface area (Å²) >= 11 is 0. The second kappa shape index (κ2) is 5.65. The van der Waals surface area contributed by atoms with Crippen LogP contribution >= 0.6 is 0 Å². The Bertz CT molecular complexity index is 479. The summed E-state index contributed by atoms with van der Waals surface area (Å²) in [5, 5.41) is 9.18. The van der Waals surface area contributed by atoms with E-state index >= 15 is 0 Å². The summed E-state index contributed by atoms with van der Waals surface area (Å²) < 4.78 is 5.59. The lowest BCUT2D eigenvalue weighted by Gasteiger charge is -2.25. The number of nitrogens with zero attached hydrogens (tertiary/aromatic N) is 2. The molecule has 0 amide bonds. The zero-order chi connectivity index (χ0) is 13.0. The standard InChI is InChI=1S/C14H16N2O2/c1-11-9-16(5-2-6-18-11)14-4-3-12(10-17)7-13(14)8-15/h3-4,7,10-11H,2,5-6,9H2,1H3. The normalized spacial score (nSPS) is 20.0. The Morgan fingerprint density at radius 3 is 3.11 bits per heavy atom. The van der Waals surface area contributed by atoms with Gasteiger partial charge in [0.05, 0.1) is 17.4 Å². The smallest absolute Gasteiger partial charge is 0.150 e.